The van der Waals surface area contributed by atoms with Crippen LogP contribution in [0.3, 0.4) is 0 Å². The fraction of sp³-hybridized carbons (Fsp3) is 0.222. The van der Waals surface area contributed by atoms with Crippen molar-refractivity contribution >= 4 is 34.8 Å². The molecule has 0 aliphatic carbocycles. The van der Waals surface area contributed by atoms with Gasteiger partial charge in [0.2, 0.25) is 11.8 Å². The van der Waals surface area contributed by atoms with Crippen LogP contribution in [0, 0.1) is 11.7 Å². The quantitative estimate of drug-likeness (QED) is 0.905. The zero-order valence-corrected chi connectivity index (χ0v) is 14.2. The van der Waals surface area contributed by atoms with E-state index in [1.807, 2.05) is 0 Å². The van der Waals surface area contributed by atoms with Gasteiger partial charge in [-0.3, -0.25) is 9.59 Å². The molecular formula is C18H16ClFN2O3. The zero-order chi connectivity index (χ0) is 18.0. The number of anilines is 2. The number of methoxy groups -OCH3 is 1. The fourth-order valence-corrected chi connectivity index (χ4v) is 2.92. The van der Waals surface area contributed by atoms with Crippen LogP contribution in [0.15, 0.2) is 42.5 Å². The lowest BCUT2D eigenvalue weighted by Crippen LogP contribution is -2.28. The Morgan fingerprint density at radius 1 is 1.32 bits per heavy atom. The van der Waals surface area contributed by atoms with Crippen LogP contribution in [0.1, 0.15) is 6.42 Å². The molecule has 0 saturated carbocycles. The van der Waals surface area contributed by atoms with Gasteiger partial charge in [0.05, 0.1) is 23.7 Å². The monoisotopic (exact) mass is 362 g/mol. The first kappa shape index (κ1) is 17.2. The van der Waals surface area contributed by atoms with Gasteiger partial charge in [-0.25, -0.2) is 4.39 Å². The maximum Gasteiger partial charge on any atom is 0.229 e. The number of hydrogen-bond donors (Lipinski definition) is 1. The molecule has 25 heavy (non-hydrogen) atoms. The lowest BCUT2D eigenvalue weighted by atomic mass is 10.1. The number of carbonyl (C=O) groups is 2. The highest BCUT2D eigenvalue weighted by Gasteiger charge is 2.35. The van der Waals surface area contributed by atoms with E-state index in [9.17, 15) is 14.0 Å². The highest BCUT2D eigenvalue weighted by Crippen LogP contribution is 2.29. The summed E-state index contributed by atoms with van der Waals surface area (Å²) in [6.07, 6.45) is 0.0607. The Kier molecular flexibility index (Phi) is 4.90. The van der Waals surface area contributed by atoms with Crippen LogP contribution in [0.5, 0.6) is 5.75 Å². The second-order valence-corrected chi connectivity index (χ2v) is 6.10. The maximum absolute atomic E-state index is 13.9. The van der Waals surface area contributed by atoms with Crippen molar-refractivity contribution in [1.82, 2.24) is 0 Å². The van der Waals surface area contributed by atoms with Gasteiger partial charge in [-0.2, -0.15) is 0 Å². The maximum atomic E-state index is 13.9. The first-order valence-electron chi connectivity index (χ1n) is 7.69. The predicted octanol–water partition coefficient (Wildman–Crippen LogP) is 3.48. The molecule has 3 rings (SSSR count). The third kappa shape index (κ3) is 3.58. The van der Waals surface area contributed by atoms with Gasteiger partial charge in [-0.05, 0) is 24.3 Å². The molecule has 2 aromatic rings. The molecule has 1 atom stereocenters. The molecule has 0 aromatic heterocycles. The van der Waals surface area contributed by atoms with Gasteiger partial charge in [-0.15, -0.1) is 0 Å². The van der Waals surface area contributed by atoms with E-state index in [0.29, 0.717) is 11.4 Å². The van der Waals surface area contributed by atoms with Gasteiger partial charge >= 0.3 is 0 Å². The van der Waals surface area contributed by atoms with E-state index in [2.05, 4.69) is 5.32 Å². The van der Waals surface area contributed by atoms with Crippen LogP contribution >= 0.6 is 11.6 Å². The molecule has 1 fully saturated rings. The van der Waals surface area contributed by atoms with Crippen molar-refractivity contribution in [3.05, 3.63) is 53.3 Å². The number of nitrogens with one attached hydrogen (secondary N) is 1. The lowest BCUT2D eigenvalue weighted by molar-refractivity contribution is -0.122. The minimum absolute atomic E-state index is 0.00443. The molecule has 2 aromatic carbocycles. The Hall–Kier alpha value is -2.60. The summed E-state index contributed by atoms with van der Waals surface area (Å²) in [7, 11) is 1.54. The molecule has 5 nitrogen and oxygen atoms in total. The largest absolute Gasteiger partial charge is 0.497 e. The van der Waals surface area contributed by atoms with E-state index in [-0.39, 0.29) is 29.6 Å². The highest BCUT2D eigenvalue weighted by molar-refractivity contribution is 6.31. The number of nitrogens with zero attached hydrogens (tertiary/aromatic N) is 1. The SMILES string of the molecule is COc1cccc(N2C[C@@H](C(=O)Nc3cccc(Cl)c3F)CC2=O)c1. The average molecular weight is 363 g/mol. The Labute approximate surface area is 149 Å². The molecule has 1 saturated heterocycles. The fourth-order valence-electron chi connectivity index (χ4n) is 2.75. The number of ether oxygens (including phenoxy) is 1. The van der Waals surface area contributed by atoms with Crippen LogP contribution in [0.2, 0.25) is 5.02 Å². The van der Waals surface area contributed by atoms with Crippen LogP contribution in [-0.2, 0) is 9.59 Å². The Morgan fingerprint density at radius 3 is 2.84 bits per heavy atom. The number of carbonyl (C=O) groups excluding carboxylic acids is 2. The Balaban J connectivity index is 1.73. The second kappa shape index (κ2) is 7.11. The lowest BCUT2D eigenvalue weighted by Gasteiger charge is -2.17. The Bertz CT molecular complexity index is 828. The first-order chi connectivity index (χ1) is 12.0. The van der Waals surface area contributed by atoms with Crippen LogP contribution in [0.25, 0.3) is 0 Å². The van der Waals surface area contributed by atoms with Crippen molar-refractivity contribution in [3.8, 4) is 5.75 Å². The summed E-state index contributed by atoms with van der Waals surface area (Å²) in [5.41, 5.74) is 0.665. The second-order valence-electron chi connectivity index (χ2n) is 5.70. The standard InChI is InChI=1S/C18H16ClFN2O3/c1-25-13-5-2-4-12(9-13)22-10-11(8-16(22)23)18(24)21-15-7-3-6-14(19)17(15)20/h2-7,9,11H,8,10H2,1H3,(H,21,24)/t11-/m0/s1. The molecule has 0 spiro atoms. The van der Waals surface area contributed by atoms with E-state index in [0.717, 1.165) is 0 Å². The summed E-state index contributed by atoms with van der Waals surface area (Å²) in [6, 6.07) is 11.4. The van der Waals surface area contributed by atoms with Gasteiger partial charge in [0.25, 0.3) is 0 Å². The van der Waals surface area contributed by atoms with Gasteiger partial charge in [0.1, 0.15) is 5.75 Å². The molecular weight excluding hydrogens is 347 g/mol. The third-order valence-corrected chi connectivity index (χ3v) is 4.36. The number of halogens is 2. The number of benzene rings is 2. The first-order valence-corrected chi connectivity index (χ1v) is 8.06. The van der Waals surface area contributed by atoms with Crippen molar-refractivity contribution in [2.45, 2.75) is 6.42 Å². The van der Waals surface area contributed by atoms with Gasteiger partial charge < -0.3 is 15.0 Å². The molecule has 1 heterocycles. The van der Waals surface area contributed by atoms with E-state index in [1.165, 1.54) is 17.0 Å². The summed E-state index contributed by atoms with van der Waals surface area (Å²) < 4.78 is 19.1. The topological polar surface area (TPSA) is 58.6 Å². The number of hydrogen-bond acceptors (Lipinski definition) is 3. The summed E-state index contributed by atoms with van der Waals surface area (Å²) in [5, 5.41) is 2.44. The molecule has 1 N–H and O–H groups in total. The van der Waals surface area contributed by atoms with Gasteiger partial charge in [-0.1, -0.05) is 23.7 Å². The minimum Gasteiger partial charge on any atom is -0.497 e. The van der Waals surface area contributed by atoms with Crippen molar-refractivity contribution in [1.29, 1.82) is 0 Å². The summed E-state index contributed by atoms with van der Waals surface area (Å²) in [6.45, 7) is 0.222. The normalized spacial score (nSPS) is 16.8. The van der Waals surface area contributed by atoms with Crippen molar-refractivity contribution in [3.63, 3.8) is 0 Å². The van der Waals surface area contributed by atoms with Gasteiger partial charge in [0, 0.05) is 24.7 Å². The molecule has 1 aliphatic rings. The van der Waals surface area contributed by atoms with Crippen molar-refractivity contribution in [2.24, 2.45) is 5.92 Å². The Morgan fingerprint density at radius 2 is 2.08 bits per heavy atom. The predicted molar refractivity (Wildman–Crippen MR) is 93.5 cm³/mol. The molecule has 0 unspecified atom stereocenters. The third-order valence-electron chi connectivity index (χ3n) is 4.07. The smallest absolute Gasteiger partial charge is 0.229 e. The van der Waals surface area contributed by atoms with Crippen LogP contribution in [-0.4, -0.2) is 25.5 Å². The van der Waals surface area contributed by atoms with E-state index in [1.54, 1.807) is 37.4 Å². The molecule has 1 aliphatic heterocycles. The van der Waals surface area contributed by atoms with E-state index < -0.39 is 17.6 Å². The highest BCUT2D eigenvalue weighted by atomic mass is 35.5. The van der Waals surface area contributed by atoms with E-state index >= 15 is 0 Å². The number of rotatable bonds is 4. The molecule has 0 radical (unpaired) electrons. The van der Waals surface area contributed by atoms with Crippen molar-refractivity contribution in [2.75, 3.05) is 23.9 Å². The van der Waals surface area contributed by atoms with Crippen LogP contribution in [0.4, 0.5) is 15.8 Å². The van der Waals surface area contributed by atoms with E-state index in [4.69, 9.17) is 16.3 Å². The van der Waals surface area contributed by atoms with Gasteiger partial charge in [0.15, 0.2) is 5.82 Å². The van der Waals surface area contributed by atoms with Crippen molar-refractivity contribution < 1.29 is 18.7 Å². The zero-order valence-electron chi connectivity index (χ0n) is 13.5. The summed E-state index contributed by atoms with van der Waals surface area (Å²) >= 11 is 5.71. The molecule has 130 valence electrons. The minimum atomic E-state index is -0.688. The summed E-state index contributed by atoms with van der Waals surface area (Å²) in [5.74, 6) is -1.22. The molecule has 7 heteroatoms. The number of amides is 2. The molecule has 0 bridgehead atoms. The average Bonchev–Trinajstić information content (AvgIpc) is 3.01. The molecule has 2 amide bonds. The van der Waals surface area contributed by atoms with Crippen LogP contribution < -0.4 is 15.0 Å². The summed E-state index contributed by atoms with van der Waals surface area (Å²) in [4.78, 5) is 26.2.